The van der Waals surface area contributed by atoms with Gasteiger partial charge in [-0.1, -0.05) is 38.2 Å². The lowest BCUT2D eigenvalue weighted by Crippen LogP contribution is -2.34. The molecule has 0 atom stereocenters. The first-order valence-corrected chi connectivity index (χ1v) is 15.3. The van der Waals surface area contributed by atoms with Crippen LogP contribution in [0.25, 0.3) is 22.2 Å². The minimum Gasteiger partial charge on any atom is -0.481 e. The van der Waals surface area contributed by atoms with Gasteiger partial charge in [0.15, 0.2) is 0 Å². The molecule has 2 aromatic heterocycles. The SMILES string of the molecule is Cc1cc(-c2ccc3nc(C4CCN(CCCCCCCCCC(=O)O)CC4)n(CCOC(F)(F)F)c3c2)cn(C)c1=O. The number of likely N-dealkylation sites (tertiary alicyclic amines) is 1. The number of nitrogens with zero attached hydrogens (tertiary/aromatic N) is 4. The number of aliphatic carboxylic acids is 1. The zero-order valence-corrected chi connectivity index (χ0v) is 25.2. The number of carbonyl (C=O) groups is 1. The topological polar surface area (TPSA) is 89.6 Å². The van der Waals surface area contributed by atoms with E-state index in [9.17, 15) is 22.8 Å². The third-order valence-electron chi connectivity index (χ3n) is 8.37. The number of ether oxygens (including phenoxy) is 1. The summed E-state index contributed by atoms with van der Waals surface area (Å²) in [7, 11) is 1.70. The van der Waals surface area contributed by atoms with Crippen LogP contribution in [0.2, 0.25) is 0 Å². The highest BCUT2D eigenvalue weighted by Crippen LogP contribution is 2.33. The van der Waals surface area contributed by atoms with Crippen molar-refractivity contribution >= 4 is 17.0 Å². The number of piperidine rings is 1. The third-order valence-corrected chi connectivity index (χ3v) is 8.37. The van der Waals surface area contributed by atoms with E-state index in [1.54, 1.807) is 20.2 Å². The Kier molecular flexibility index (Phi) is 11.4. The molecule has 0 radical (unpaired) electrons. The molecule has 236 valence electrons. The van der Waals surface area contributed by atoms with E-state index in [2.05, 4.69) is 9.64 Å². The first-order chi connectivity index (χ1) is 20.5. The first kappa shape index (κ1) is 32.7. The van der Waals surface area contributed by atoms with Gasteiger partial charge in [0, 0.05) is 37.7 Å². The third kappa shape index (κ3) is 9.40. The molecular formula is C32H43F3N4O4. The maximum absolute atomic E-state index is 12.8. The number of alkyl halides is 3. The van der Waals surface area contributed by atoms with Gasteiger partial charge in [-0.05, 0) is 81.6 Å². The van der Waals surface area contributed by atoms with Gasteiger partial charge in [-0.2, -0.15) is 0 Å². The van der Waals surface area contributed by atoms with E-state index in [1.165, 1.54) is 4.57 Å². The summed E-state index contributed by atoms with van der Waals surface area (Å²) in [6, 6.07) is 7.61. The van der Waals surface area contributed by atoms with Gasteiger partial charge in [-0.15, -0.1) is 13.2 Å². The zero-order chi connectivity index (χ0) is 31.0. The molecule has 8 nitrogen and oxygen atoms in total. The summed E-state index contributed by atoms with van der Waals surface area (Å²) >= 11 is 0. The van der Waals surface area contributed by atoms with Crippen LogP contribution in [0.15, 0.2) is 35.3 Å². The Morgan fingerprint density at radius 2 is 1.67 bits per heavy atom. The van der Waals surface area contributed by atoms with Gasteiger partial charge in [0.1, 0.15) is 5.82 Å². The molecule has 1 aliphatic rings. The van der Waals surface area contributed by atoms with Gasteiger partial charge in [-0.3, -0.25) is 14.3 Å². The average molecular weight is 605 g/mol. The van der Waals surface area contributed by atoms with E-state index in [0.29, 0.717) is 5.56 Å². The number of benzene rings is 1. The highest BCUT2D eigenvalue weighted by atomic mass is 19.4. The molecule has 0 spiro atoms. The quantitative estimate of drug-likeness (QED) is 0.196. The number of imidazole rings is 1. The number of hydrogen-bond donors (Lipinski definition) is 1. The van der Waals surface area contributed by atoms with Crippen LogP contribution in [0, 0.1) is 6.92 Å². The smallest absolute Gasteiger partial charge is 0.481 e. The molecule has 0 aliphatic carbocycles. The van der Waals surface area contributed by atoms with Gasteiger partial charge < -0.3 is 19.1 Å². The van der Waals surface area contributed by atoms with Crippen molar-refractivity contribution in [3.05, 3.63) is 52.2 Å². The Bertz CT molecular complexity index is 1400. The number of halogens is 3. The summed E-state index contributed by atoms with van der Waals surface area (Å²) in [6.45, 7) is 4.18. The minimum absolute atomic E-state index is 0.0393. The summed E-state index contributed by atoms with van der Waals surface area (Å²) in [5.41, 5.74) is 3.76. The van der Waals surface area contributed by atoms with Crippen molar-refractivity contribution in [1.29, 1.82) is 0 Å². The van der Waals surface area contributed by atoms with Crippen LogP contribution in [-0.2, 0) is 23.1 Å². The van der Waals surface area contributed by atoms with Crippen molar-refractivity contribution in [3.8, 4) is 11.1 Å². The number of aromatic nitrogens is 3. The molecule has 1 aromatic carbocycles. The van der Waals surface area contributed by atoms with Gasteiger partial charge in [0.05, 0.1) is 17.6 Å². The lowest BCUT2D eigenvalue weighted by atomic mass is 9.95. The molecule has 0 saturated carbocycles. The van der Waals surface area contributed by atoms with E-state index in [1.807, 2.05) is 28.8 Å². The van der Waals surface area contributed by atoms with Crippen molar-refractivity contribution in [2.75, 3.05) is 26.2 Å². The van der Waals surface area contributed by atoms with Crippen LogP contribution >= 0.6 is 0 Å². The first-order valence-electron chi connectivity index (χ1n) is 15.3. The molecule has 0 bridgehead atoms. The maximum atomic E-state index is 12.8. The molecule has 3 aromatic rings. The van der Waals surface area contributed by atoms with Crippen molar-refractivity contribution < 1.29 is 27.8 Å². The number of rotatable bonds is 15. The van der Waals surface area contributed by atoms with Crippen molar-refractivity contribution in [2.24, 2.45) is 7.05 Å². The standard InChI is InChI=1S/C32H43F3N4O4/c1-23-20-26(22-37(2)31(23)42)25-11-12-27-28(21-25)39(18-19-43-32(33,34)35)30(36-27)24-13-16-38(17-14-24)15-9-7-5-3-4-6-8-10-29(40)41/h11-12,20-22,24H,3-10,13-19H2,1-2H3,(H,40,41). The molecule has 11 heteroatoms. The molecule has 1 aliphatic heterocycles. The summed E-state index contributed by atoms with van der Waals surface area (Å²) in [5, 5.41) is 8.71. The Hall–Kier alpha value is -3.18. The molecule has 4 rings (SSSR count). The van der Waals surface area contributed by atoms with Crippen LogP contribution in [0.1, 0.15) is 81.5 Å². The lowest BCUT2D eigenvalue weighted by molar-refractivity contribution is -0.325. The number of carboxylic acid groups (broad SMARTS) is 1. The van der Waals surface area contributed by atoms with Crippen LogP contribution in [-0.4, -0.2) is 62.7 Å². The van der Waals surface area contributed by atoms with Gasteiger partial charge in [-0.25, -0.2) is 4.98 Å². The molecule has 1 fully saturated rings. The normalized spacial score (nSPS) is 15.0. The molecule has 0 amide bonds. The number of unbranched alkanes of at least 4 members (excludes halogenated alkanes) is 6. The molecule has 0 unspecified atom stereocenters. The zero-order valence-electron chi connectivity index (χ0n) is 25.2. The molecule has 1 N–H and O–H groups in total. The fourth-order valence-electron chi connectivity index (χ4n) is 6.07. The average Bonchev–Trinajstić information content (AvgIpc) is 3.32. The number of carboxylic acids is 1. The Morgan fingerprint density at radius 3 is 2.33 bits per heavy atom. The van der Waals surface area contributed by atoms with Crippen molar-refractivity contribution in [1.82, 2.24) is 19.0 Å². The van der Waals surface area contributed by atoms with E-state index < -0.39 is 18.9 Å². The maximum Gasteiger partial charge on any atom is 0.522 e. The lowest BCUT2D eigenvalue weighted by Gasteiger charge is -2.32. The fourth-order valence-corrected chi connectivity index (χ4v) is 6.07. The Morgan fingerprint density at radius 1 is 1.00 bits per heavy atom. The number of aryl methyl sites for hydroxylation is 2. The van der Waals surface area contributed by atoms with Crippen molar-refractivity contribution in [3.63, 3.8) is 0 Å². The van der Waals surface area contributed by atoms with Crippen molar-refractivity contribution in [2.45, 2.75) is 90.0 Å². The highest BCUT2D eigenvalue weighted by molar-refractivity contribution is 5.83. The number of pyridine rings is 1. The van der Waals surface area contributed by atoms with Crippen LogP contribution < -0.4 is 5.56 Å². The van der Waals surface area contributed by atoms with E-state index in [-0.39, 0.29) is 24.4 Å². The van der Waals surface area contributed by atoms with Crippen LogP contribution in [0.3, 0.4) is 0 Å². The molecular weight excluding hydrogens is 561 g/mol. The Balaban J connectivity index is 1.39. The van der Waals surface area contributed by atoms with E-state index in [0.717, 1.165) is 105 Å². The largest absolute Gasteiger partial charge is 0.522 e. The monoisotopic (exact) mass is 604 g/mol. The molecule has 43 heavy (non-hydrogen) atoms. The highest BCUT2D eigenvalue weighted by Gasteiger charge is 2.30. The second kappa shape index (κ2) is 15.0. The summed E-state index contributed by atoms with van der Waals surface area (Å²) in [6.07, 6.45) is 6.50. The summed E-state index contributed by atoms with van der Waals surface area (Å²) in [4.78, 5) is 30.1. The summed E-state index contributed by atoms with van der Waals surface area (Å²) < 4.78 is 46.1. The van der Waals surface area contributed by atoms with Crippen LogP contribution in [0.5, 0.6) is 0 Å². The van der Waals surface area contributed by atoms with Gasteiger partial charge >= 0.3 is 12.3 Å². The predicted octanol–water partition coefficient (Wildman–Crippen LogP) is 6.63. The van der Waals surface area contributed by atoms with E-state index in [4.69, 9.17) is 10.1 Å². The van der Waals surface area contributed by atoms with Gasteiger partial charge in [0.25, 0.3) is 5.56 Å². The number of hydrogen-bond acceptors (Lipinski definition) is 5. The second-order valence-corrected chi connectivity index (χ2v) is 11.7. The van der Waals surface area contributed by atoms with Gasteiger partial charge in [0.2, 0.25) is 0 Å². The summed E-state index contributed by atoms with van der Waals surface area (Å²) in [5.74, 6) is 0.222. The number of fused-ring (bicyclic) bond motifs is 1. The van der Waals surface area contributed by atoms with E-state index >= 15 is 0 Å². The predicted molar refractivity (Wildman–Crippen MR) is 160 cm³/mol. The minimum atomic E-state index is -4.69. The Labute approximate surface area is 250 Å². The second-order valence-electron chi connectivity index (χ2n) is 11.7. The van der Waals surface area contributed by atoms with Crippen LogP contribution in [0.4, 0.5) is 13.2 Å². The molecule has 1 saturated heterocycles. The fraction of sp³-hybridized carbons (Fsp3) is 0.594. The molecule has 3 heterocycles.